The van der Waals surface area contributed by atoms with Gasteiger partial charge in [0.15, 0.2) is 0 Å². The second-order valence-corrected chi connectivity index (χ2v) is 10.2. The first-order valence-electron chi connectivity index (χ1n) is 12.2. The molecule has 1 fully saturated rings. The molecule has 0 radical (unpaired) electrons. The molecule has 0 bridgehead atoms. The summed E-state index contributed by atoms with van der Waals surface area (Å²) < 4.78 is 48.1. The number of carbonyl (C=O) groups is 3. The maximum absolute atomic E-state index is 15.0. The summed E-state index contributed by atoms with van der Waals surface area (Å²) in [6, 6.07) is 13.3. The first-order valence-corrected chi connectivity index (χ1v) is 12.2. The summed E-state index contributed by atoms with van der Waals surface area (Å²) in [5, 5.41) is 2.15. The molecular weight excluding hydrogens is 513 g/mol. The molecule has 202 valence electrons. The lowest BCUT2D eigenvalue weighted by molar-refractivity contribution is -0.128. The number of hydrogen-bond donors (Lipinski definition) is 2. The number of pyridine rings is 1. The second kappa shape index (κ2) is 9.40. The molecule has 2 aliphatic heterocycles. The maximum atomic E-state index is 15.0. The predicted octanol–water partition coefficient (Wildman–Crippen LogP) is 4.83. The number of alkyl halides is 2. The Morgan fingerprint density at radius 3 is 2.51 bits per heavy atom. The van der Waals surface area contributed by atoms with E-state index in [4.69, 9.17) is 10.5 Å². The molecule has 3 heterocycles. The van der Waals surface area contributed by atoms with Crippen molar-refractivity contribution in [1.82, 2.24) is 15.2 Å². The monoisotopic (exact) mass is 538 g/mol. The quantitative estimate of drug-likeness (QED) is 0.494. The Morgan fingerprint density at radius 2 is 1.85 bits per heavy atom. The number of likely N-dealkylation sites (tertiary alicyclic amines) is 1. The Morgan fingerprint density at radius 1 is 1.10 bits per heavy atom. The molecule has 1 saturated heterocycles. The van der Waals surface area contributed by atoms with Crippen molar-refractivity contribution in [3.8, 4) is 22.9 Å². The molecule has 0 unspecified atom stereocenters. The van der Waals surface area contributed by atoms with E-state index in [0.29, 0.717) is 28.1 Å². The second-order valence-electron chi connectivity index (χ2n) is 10.2. The summed E-state index contributed by atoms with van der Waals surface area (Å²) in [4.78, 5) is 42.5. The van der Waals surface area contributed by atoms with Gasteiger partial charge in [-0.25, -0.2) is 22.9 Å². The normalized spacial score (nSPS) is 17.6. The number of fused-ring (bicyclic) bond motifs is 2. The summed E-state index contributed by atoms with van der Waals surface area (Å²) in [6.07, 6.45) is -0.456. The molecule has 2 aromatic carbocycles. The maximum Gasteiger partial charge on any atom is 0.318 e. The molecule has 0 spiro atoms. The van der Waals surface area contributed by atoms with Crippen molar-refractivity contribution < 1.29 is 32.3 Å². The van der Waals surface area contributed by atoms with Crippen LogP contribution in [0.1, 0.15) is 47.7 Å². The Bertz CT molecular complexity index is 1510. The van der Waals surface area contributed by atoms with Crippen LogP contribution >= 0.6 is 0 Å². The van der Waals surface area contributed by atoms with Crippen molar-refractivity contribution in [3.05, 3.63) is 77.1 Å². The molecule has 5 rings (SSSR count). The third-order valence-electron chi connectivity index (χ3n) is 7.13. The number of nitrogens with zero attached hydrogens (tertiary/aromatic N) is 2. The average molecular weight is 539 g/mol. The summed E-state index contributed by atoms with van der Waals surface area (Å²) >= 11 is 0. The molecule has 3 N–H and O–H groups in total. The summed E-state index contributed by atoms with van der Waals surface area (Å²) in [6.45, 7) is 2.47. The standard InChI is InChI=1S/C28H25F3N4O4/c1-27(2,25(37)34-26(32)38)22-17-5-3-4-6-21(17)39-23-18(22)9-10-20(33-23)15-7-8-16(19(29)13-15)24(36)35-12-11-28(30,31)14-35/h3-10,13,22H,11-12,14H2,1-2H3,(H3,32,34,37,38)/t22-/m0/s1. The SMILES string of the molecule is CC(C)(C(=O)NC(N)=O)[C@H]1c2ccccc2Oc2nc(-c3ccc(C(=O)N4CCC(F)(F)C4)c(F)c3)ccc21. The van der Waals surface area contributed by atoms with E-state index in [0.717, 1.165) is 11.0 Å². The number of benzene rings is 2. The minimum atomic E-state index is -2.98. The first kappa shape index (κ1) is 26.2. The largest absolute Gasteiger partial charge is 0.438 e. The van der Waals surface area contributed by atoms with Crippen molar-refractivity contribution >= 4 is 17.8 Å². The lowest BCUT2D eigenvalue weighted by Gasteiger charge is -2.37. The van der Waals surface area contributed by atoms with Gasteiger partial charge >= 0.3 is 6.03 Å². The van der Waals surface area contributed by atoms with Gasteiger partial charge in [-0.05, 0) is 24.3 Å². The van der Waals surface area contributed by atoms with Crippen molar-refractivity contribution in [2.75, 3.05) is 13.1 Å². The number of nitrogens with two attached hydrogens (primary N) is 1. The zero-order chi connectivity index (χ0) is 28.1. The van der Waals surface area contributed by atoms with Crippen LogP contribution < -0.4 is 15.8 Å². The number of urea groups is 1. The van der Waals surface area contributed by atoms with Gasteiger partial charge < -0.3 is 15.4 Å². The molecule has 4 amide bonds. The first-order chi connectivity index (χ1) is 18.4. The topological polar surface area (TPSA) is 115 Å². The number of amides is 4. The van der Waals surface area contributed by atoms with Gasteiger partial charge in [-0.2, -0.15) is 0 Å². The molecule has 3 aromatic rings. The van der Waals surface area contributed by atoms with Crippen LogP contribution in [0.3, 0.4) is 0 Å². The van der Waals surface area contributed by atoms with Gasteiger partial charge in [-0.1, -0.05) is 44.2 Å². The molecule has 39 heavy (non-hydrogen) atoms. The molecule has 8 nitrogen and oxygen atoms in total. The van der Waals surface area contributed by atoms with E-state index in [2.05, 4.69) is 10.3 Å². The summed E-state index contributed by atoms with van der Waals surface area (Å²) in [5.74, 6) is -5.12. The van der Waals surface area contributed by atoms with E-state index in [-0.39, 0.29) is 18.0 Å². The Labute approximate surface area is 222 Å². The number of para-hydroxylation sites is 1. The zero-order valence-corrected chi connectivity index (χ0v) is 21.1. The van der Waals surface area contributed by atoms with E-state index >= 15 is 4.39 Å². The highest BCUT2D eigenvalue weighted by Crippen LogP contribution is 2.51. The van der Waals surface area contributed by atoms with Gasteiger partial charge in [0.05, 0.1) is 23.2 Å². The number of ether oxygens (including phenoxy) is 1. The Kier molecular flexibility index (Phi) is 6.32. The lowest BCUT2D eigenvalue weighted by Crippen LogP contribution is -2.46. The van der Waals surface area contributed by atoms with Gasteiger partial charge in [0.2, 0.25) is 11.8 Å². The van der Waals surface area contributed by atoms with Crippen molar-refractivity contribution in [2.24, 2.45) is 11.1 Å². The van der Waals surface area contributed by atoms with E-state index in [1.807, 2.05) is 6.07 Å². The van der Waals surface area contributed by atoms with Crippen molar-refractivity contribution in [3.63, 3.8) is 0 Å². The minimum absolute atomic E-state index is 0.146. The van der Waals surface area contributed by atoms with Gasteiger partial charge in [-0.3, -0.25) is 14.9 Å². The van der Waals surface area contributed by atoms with Crippen molar-refractivity contribution in [2.45, 2.75) is 32.1 Å². The van der Waals surface area contributed by atoms with Gasteiger partial charge in [0.1, 0.15) is 11.6 Å². The number of imide groups is 1. The number of nitrogens with one attached hydrogen (secondary N) is 1. The fourth-order valence-electron chi connectivity index (χ4n) is 5.11. The molecule has 0 aliphatic carbocycles. The van der Waals surface area contributed by atoms with Crippen molar-refractivity contribution in [1.29, 1.82) is 0 Å². The molecule has 11 heteroatoms. The smallest absolute Gasteiger partial charge is 0.318 e. The van der Waals surface area contributed by atoms with E-state index in [9.17, 15) is 23.2 Å². The van der Waals surface area contributed by atoms with E-state index in [1.54, 1.807) is 44.2 Å². The number of hydrogen-bond acceptors (Lipinski definition) is 5. The zero-order valence-electron chi connectivity index (χ0n) is 21.1. The predicted molar refractivity (Wildman–Crippen MR) is 135 cm³/mol. The number of carbonyl (C=O) groups excluding carboxylic acids is 3. The minimum Gasteiger partial charge on any atom is -0.438 e. The van der Waals surface area contributed by atoms with Crippen LogP contribution in [-0.4, -0.2) is 46.7 Å². The number of halogens is 3. The third-order valence-corrected chi connectivity index (χ3v) is 7.13. The van der Waals surface area contributed by atoms with Crippen LogP contribution in [0.4, 0.5) is 18.0 Å². The van der Waals surface area contributed by atoms with Gasteiger partial charge in [0.25, 0.3) is 11.8 Å². The summed E-state index contributed by atoms with van der Waals surface area (Å²) in [5.41, 5.74) is 5.69. The Balaban J connectivity index is 1.49. The highest BCUT2D eigenvalue weighted by molar-refractivity contribution is 5.97. The van der Waals surface area contributed by atoms with Crippen LogP contribution in [0.15, 0.2) is 54.6 Å². The fourth-order valence-corrected chi connectivity index (χ4v) is 5.11. The Hall–Kier alpha value is -4.41. The van der Waals surface area contributed by atoms with Crippen LogP contribution in [0.5, 0.6) is 11.6 Å². The van der Waals surface area contributed by atoms with Gasteiger partial charge in [-0.15, -0.1) is 0 Å². The molecule has 1 aromatic heterocycles. The highest BCUT2D eigenvalue weighted by atomic mass is 19.3. The van der Waals surface area contributed by atoms with Gasteiger partial charge in [0, 0.05) is 35.6 Å². The highest BCUT2D eigenvalue weighted by Gasteiger charge is 2.44. The average Bonchev–Trinajstić information content (AvgIpc) is 3.25. The van der Waals surface area contributed by atoms with E-state index in [1.165, 1.54) is 12.1 Å². The number of aromatic nitrogens is 1. The molecule has 1 atom stereocenters. The van der Waals surface area contributed by atoms with Crippen LogP contribution in [0.2, 0.25) is 0 Å². The molecule has 0 saturated carbocycles. The van der Waals surface area contributed by atoms with E-state index < -0.39 is 53.9 Å². The molecular formula is C28H25F3N4O4. The molecule has 2 aliphatic rings. The lowest BCUT2D eigenvalue weighted by atomic mass is 9.69. The number of primary amides is 1. The fraction of sp³-hybridized carbons (Fsp3) is 0.286. The van der Waals surface area contributed by atoms with Crippen LogP contribution in [0.25, 0.3) is 11.3 Å². The summed E-state index contributed by atoms with van der Waals surface area (Å²) in [7, 11) is 0. The van der Waals surface area contributed by atoms with Crippen LogP contribution in [-0.2, 0) is 4.79 Å². The number of rotatable bonds is 4. The van der Waals surface area contributed by atoms with Crippen LogP contribution in [0, 0.1) is 11.2 Å². The third kappa shape index (κ3) is 4.80.